The summed E-state index contributed by atoms with van der Waals surface area (Å²) in [7, 11) is 0. The van der Waals surface area contributed by atoms with Crippen LogP contribution in [0.5, 0.6) is 0 Å². The van der Waals surface area contributed by atoms with Gasteiger partial charge in [-0.25, -0.2) is 4.39 Å². The zero-order valence-corrected chi connectivity index (χ0v) is 9.47. The van der Waals surface area contributed by atoms with Crippen molar-refractivity contribution in [3.63, 3.8) is 0 Å². The number of carbonyl (C=O) groups excluding carboxylic acids is 1. The maximum atomic E-state index is 13.1. The average molecular weight is 320 g/mol. The van der Waals surface area contributed by atoms with Crippen molar-refractivity contribution in [1.82, 2.24) is 0 Å². The second-order valence-electron chi connectivity index (χ2n) is 3.57. The van der Waals surface area contributed by atoms with Crippen LogP contribution >= 0.6 is 0 Å². The van der Waals surface area contributed by atoms with E-state index in [1.807, 2.05) is 0 Å². The maximum absolute atomic E-state index is 13.1. The van der Waals surface area contributed by atoms with E-state index in [2.05, 4.69) is 0 Å². The molecule has 116 valence electrons. The van der Waals surface area contributed by atoms with Crippen LogP contribution in [0.2, 0.25) is 0 Å². The standard InChI is InChI=1S/C9H3F7N2O3/c10-3-1-4(11)6(18(20)21)2-5(3)17-7(19)8(12,13)9(14,15)16/h1-2H,(H,17,19). The molecule has 0 aliphatic carbocycles. The molecule has 0 bridgehead atoms. The molecule has 21 heavy (non-hydrogen) atoms. The summed E-state index contributed by atoms with van der Waals surface area (Å²) in [5.74, 6) is -12.3. The number of nitrogens with zero attached hydrogens (tertiary/aromatic N) is 1. The number of rotatable bonds is 3. The van der Waals surface area contributed by atoms with E-state index in [0.717, 1.165) is 5.32 Å². The van der Waals surface area contributed by atoms with Gasteiger partial charge in [-0.2, -0.15) is 26.3 Å². The van der Waals surface area contributed by atoms with Crippen LogP contribution in [0.1, 0.15) is 0 Å². The maximum Gasteiger partial charge on any atom is 0.463 e. The number of alkyl halides is 5. The van der Waals surface area contributed by atoms with E-state index in [1.165, 1.54) is 0 Å². The highest BCUT2D eigenvalue weighted by Gasteiger charge is 2.63. The van der Waals surface area contributed by atoms with Gasteiger partial charge < -0.3 is 5.32 Å². The lowest BCUT2D eigenvalue weighted by Gasteiger charge is -2.18. The fourth-order valence-electron chi connectivity index (χ4n) is 1.10. The minimum Gasteiger partial charge on any atom is -0.318 e. The Hall–Kier alpha value is -2.40. The SMILES string of the molecule is O=C(Nc1cc([N+](=O)[O-])c(F)cc1F)C(F)(F)C(F)(F)F. The third kappa shape index (κ3) is 3.20. The molecule has 12 heteroatoms. The molecule has 1 aromatic rings. The minimum absolute atomic E-state index is 0.0188. The van der Waals surface area contributed by atoms with Crippen molar-refractivity contribution >= 4 is 17.3 Å². The summed E-state index contributed by atoms with van der Waals surface area (Å²) in [5.41, 5.74) is -2.81. The molecule has 1 amide bonds. The van der Waals surface area contributed by atoms with E-state index in [1.54, 1.807) is 0 Å². The Bertz CT molecular complexity index is 600. The third-order valence-electron chi connectivity index (χ3n) is 2.12. The fourth-order valence-corrected chi connectivity index (χ4v) is 1.10. The van der Waals surface area contributed by atoms with E-state index >= 15 is 0 Å². The first-order valence-corrected chi connectivity index (χ1v) is 4.77. The molecule has 0 saturated heterocycles. The van der Waals surface area contributed by atoms with Gasteiger partial charge in [0.05, 0.1) is 10.6 Å². The Morgan fingerprint density at radius 1 is 1.10 bits per heavy atom. The van der Waals surface area contributed by atoms with Crippen LogP contribution in [-0.4, -0.2) is 22.9 Å². The first-order chi connectivity index (χ1) is 9.37. The van der Waals surface area contributed by atoms with Crippen LogP contribution in [-0.2, 0) is 4.79 Å². The van der Waals surface area contributed by atoms with Crippen molar-refractivity contribution in [2.45, 2.75) is 12.1 Å². The monoisotopic (exact) mass is 320 g/mol. The van der Waals surface area contributed by atoms with E-state index in [0.29, 0.717) is 0 Å². The van der Waals surface area contributed by atoms with Gasteiger partial charge in [0, 0.05) is 12.1 Å². The summed E-state index contributed by atoms with van der Waals surface area (Å²) >= 11 is 0. The summed E-state index contributed by atoms with van der Waals surface area (Å²) in [6.45, 7) is 0. The summed E-state index contributed by atoms with van der Waals surface area (Å²) < 4.78 is 86.9. The van der Waals surface area contributed by atoms with E-state index in [-0.39, 0.29) is 12.1 Å². The number of nitro benzene ring substituents is 1. The first kappa shape index (κ1) is 16.7. The van der Waals surface area contributed by atoms with Crippen molar-refractivity contribution < 1.29 is 40.5 Å². The van der Waals surface area contributed by atoms with Gasteiger partial charge in [0.25, 0.3) is 0 Å². The molecule has 1 N–H and O–H groups in total. The largest absolute Gasteiger partial charge is 0.463 e. The number of anilines is 1. The molecule has 0 fully saturated rings. The van der Waals surface area contributed by atoms with E-state index in [4.69, 9.17) is 0 Å². The Morgan fingerprint density at radius 3 is 2.05 bits per heavy atom. The third-order valence-corrected chi connectivity index (χ3v) is 2.12. The number of benzene rings is 1. The molecule has 0 heterocycles. The molecule has 0 aliphatic heterocycles. The number of carbonyl (C=O) groups is 1. The van der Waals surface area contributed by atoms with Gasteiger partial charge in [-0.15, -0.1) is 0 Å². The van der Waals surface area contributed by atoms with Crippen LogP contribution in [0.4, 0.5) is 42.1 Å². The summed E-state index contributed by atoms with van der Waals surface area (Å²) in [6.07, 6.45) is -6.25. The zero-order valence-electron chi connectivity index (χ0n) is 9.47. The van der Waals surface area contributed by atoms with Crippen molar-refractivity contribution in [2.75, 3.05) is 5.32 Å². The molecule has 0 unspecified atom stereocenters. The number of hydrogen-bond donors (Lipinski definition) is 1. The highest BCUT2D eigenvalue weighted by Crippen LogP contribution is 2.36. The number of hydrogen-bond acceptors (Lipinski definition) is 3. The molecule has 1 rings (SSSR count). The second-order valence-corrected chi connectivity index (χ2v) is 3.57. The molecule has 0 spiro atoms. The van der Waals surface area contributed by atoms with Crippen LogP contribution in [0, 0.1) is 21.7 Å². The zero-order chi connectivity index (χ0) is 16.6. The van der Waals surface area contributed by atoms with Crippen molar-refractivity contribution in [2.24, 2.45) is 0 Å². The molecule has 0 radical (unpaired) electrons. The fraction of sp³-hybridized carbons (Fsp3) is 0.222. The van der Waals surface area contributed by atoms with E-state index < -0.39 is 45.9 Å². The van der Waals surface area contributed by atoms with E-state index in [9.17, 15) is 45.6 Å². The average Bonchev–Trinajstić information content (AvgIpc) is 2.30. The predicted molar refractivity (Wildman–Crippen MR) is 52.6 cm³/mol. The highest BCUT2D eigenvalue weighted by molar-refractivity contribution is 5.97. The van der Waals surface area contributed by atoms with Crippen LogP contribution < -0.4 is 5.32 Å². The van der Waals surface area contributed by atoms with Crippen molar-refractivity contribution in [3.8, 4) is 0 Å². The highest BCUT2D eigenvalue weighted by atomic mass is 19.4. The van der Waals surface area contributed by atoms with Gasteiger partial charge in [0.1, 0.15) is 5.82 Å². The normalized spacial score (nSPS) is 12.1. The number of nitro groups is 1. The number of amides is 1. The summed E-state index contributed by atoms with van der Waals surface area (Å²) in [5, 5.41) is 11.2. The Kier molecular flexibility index (Phi) is 4.11. The Labute approximate surface area is 110 Å². The quantitative estimate of drug-likeness (QED) is 0.529. The number of nitrogens with one attached hydrogen (secondary N) is 1. The van der Waals surface area contributed by atoms with Gasteiger partial charge >= 0.3 is 23.7 Å². The molecule has 1 aromatic carbocycles. The summed E-state index contributed by atoms with van der Waals surface area (Å²) in [4.78, 5) is 19.7. The van der Waals surface area contributed by atoms with Crippen LogP contribution in [0.15, 0.2) is 12.1 Å². The molecule has 0 aromatic heterocycles. The lowest BCUT2D eigenvalue weighted by atomic mass is 10.2. The van der Waals surface area contributed by atoms with Crippen LogP contribution in [0.3, 0.4) is 0 Å². The van der Waals surface area contributed by atoms with Gasteiger partial charge in [-0.1, -0.05) is 0 Å². The van der Waals surface area contributed by atoms with Gasteiger partial charge in [-0.3, -0.25) is 14.9 Å². The Morgan fingerprint density at radius 2 is 1.62 bits per heavy atom. The van der Waals surface area contributed by atoms with Gasteiger partial charge in [0.2, 0.25) is 5.82 Å². The van der Waals surface area contributed by atoms with Crippen molar-refractivity contribution in [1.29, 1.82) is 0 Å². The molecule has 0 saturated carbocycles. The lowest BCUT2D eigenvalue weighted by molar-refractivity contribution is -0.387. The molecule has 5 nitrogen and oxygen atoms in total. The van der Waals surface area contributed by atoms with Gasteiger partial charge in [0.15, 0.2) is 0 Å². The van der Waals surface area contributed by atoms with Gasteiger partial charge in [-0.05, 0) is 0 Å². The smallest absolute Gasteiger partial charge is 0.318 e. The molecular formula is C9H3F7N2O3. The second kappa shape index (κ2) is 5.18. The van der Waals surface area contributed by atoms with Crippen molar-refractivity contribution in [3.05, 3.63) is 33.9 Å². The molecule has 0 aliphatic rings. The first-order valence-electron chi connectivity index (χ1n) is 4.77. The summed E-state index contributed by atoms with van der Waals surface area (Å²) in [6, 6.07) is -0.158. The topological polar surface area (TPSA) is 72.2 Å². The Balaban J connectivity index is 3.17. The molecule has 0 atom stereocenters. The minimum atomic E-state index is -6.25. The number of halogens is 7. The lowest BCUT2D eigenvalue weighted by Crippen LogP contribution is -2.47. The van der Waals surface area contributed by atoms with Crippen LogP contribution in [0.25, 0.3) is 0 Å². The molecular weight excluding hydrogens is 317 g/mol. The predicted octanol–water partition coefficient (Wildman–Crippen LogP) is 3.01.